The van der Waals surface area contributed by atoms with Crippen molar-refractivity contribution in [2.45, 2.75) is 49.4 Å². The first-order valence-electron chi connectivity index (χ1n) is 15.2. The number of rotatable bonds is 14. The Kier molecular flexibility index (Phi) is 11.1. The number of methoxy groups -OCH3 is 1. The molecule has 28 nitrogen and oxygen atoms in total. The number of aromatic amines is 1. The molecule has 3 unspecified atom stereocenters. The minimum atomic E-state index is -5.85. The lowest BCUT2D eigenvalue weighted by molar-refractivity contribution is -0.124. The number of aromatic nitrogens is 8. The SMILES string of the molecule is CO[C@@H]1[C@H](CC(=O)NC[C@H]2O[C@@H](n3cnc4c(=O)[nH]c(N)nc43)[C@H](O)[C@@H]2O)C(COP(=O)(O)OP(=O)(O)OP(=O)(O)O)O[C@H]1n1cnc2c(N)ncnc21. The molecule has 2 aliphatic rings. The summed E-state index contributed by atoms with van der Waals surface area (Å²) in [6.07, 6.45) is -6.14. The molecule has 296 valence electrons. The maximum absolute atomic E-state index is 13.4. The van der Waals surface area contributed by atoms with Gasteiger partial charge < -0.3 is 60.8 Å². The van der Waals surface area contributed by atoms with Gasteiger partial charge in [-0.1, -0.05) is 0 Å². The van der Waals surface area contributed by atoms with E-state index in [1.54, 1.807) is 0 Å². The number of nitrogens with zero attached hydrogens (tertiary/aromatic N) is 7. The number of aliphatic hydroxyl groups is 2. The Morgan fingerprint density at radius 1 is 0.926 bits per heavy atom. The van der Waals surface area contributed by atoms with Crippen molar-refractivity contribution in [3.63, 3.8) is 0 Å². The second kappa shape index (κ2) is 15.0. The number of amides is 1. The fourth-order valence-corrected chi connectivity index (χ4v) is 9.02. The Labute approximate surface area is 299 Å². The molecule has 0 aromatic carbocycles. The van der Waals surface area contributed by atoms with Gasteiger partial charge in [0.25, 0.3) is 5.56 Å². The molecule has 2 saturated heterocycles. The predicted octanol–water partition coefficient (Wildman–Crippen LogP) is -2.88. The number of ether oxygens (including phenoxy) is 3. The van der Waals surface area contributed by atoms with Gasteiger partial charge in [-0.15, -0.1) is 0 Å². The number of H-pyrrole nitrogens is 1. The normalized spacial score (nSPS) is 28.4. The van der Waals surface area contributed by atoms with Crippen LogP contribution in [0.4, 0.5) is 11.8 Å². The van der Waals surface area contributed by atoms with E-state index in [2.05, 4.69) is 43.8 Å². The number of nitrogens with two attached hydrogens (primary N) is 2. The molecule has 10 atom stereocenters. The highest BCUT2D eigenvalue weighted by Crippen LogP contribution is 2.66. The van der Waals surface area contributed by atoms with E-state index in [9.17, 15) is 43.3 Å². The Bertz CT molecular complexity index is 2250. The monoisotopic (exact) mass is 827 g/mol. The summed E-state index contributed by atoms with van der Waals surface area (Å²) in [5.41, 5.74) is 11.1. The van der Waals surface area contributed by atoms with Gasteiger partial charge in [-0.25, -0.2) is 33.6 Å². The van der Waals surface area contributed by atoms with Crippen LogP contribution in [-0.4, -0.2) is 126 Å². The molecule has 0 radical (unpaired) electrons. The minimum Gasteiger partial charge on any atom is -0.387 e. The maximum atomic E-state index is 13.4. The molecule has 54 heavy (non-hydrogen) atoms. The van der Waals surface area contributed by atoms with Crippen LogP contribution < -0.4 is 22.3 Å². The Balaban J connectivity index is 1.18. The van der Waals surface area contributed by atoms with Crippen LogP contribution in [0.15, 0.2) is 23.8 Å². The number of nitrogen functional groups attached to an aromatic ring is 2. The molecule has 2 fully saturated rings. The van der Waals surface area contributed by atoms with Gasteiger partial charge in [0.1, 0.15) is 36.3 Å². The largest absolute Gasteiger partial charge is 0.490 e. The summed E-state index contributed by atoms with van der Waals surface area (Å²) in [4.78, 5) is 85.3. The maximum Gasteiger partial charge on any atom is 0.490 e. The zero-order valence-electron chi connectivity index (χ0n) is 27.3. The first-order chi connectivity index (χ1) is 25.3. The van der Waals surface area contributed by atoms with E-state index in [-0.39, 0.29) is 40.6 Å². The van der Waals surface area contributed by atoms with E-state index < -0.39 is 96.9 Å². The second-order valence-electron chi connectivity index (χ2n) is 11.7. The molecule has 1 amide bonds. The van der Waals surface area contributed by atoms with Crippen molar-refractivity contribution in [1.82, 2.24) is 44.4 Å². The van der Waals surface area contributed by atoms with Gasteiger partial charge in [-0.3, -0.25) is 28.2 Å². The van der Waals surface area contributed by atoms with Crippen molar-refractivity contribution in [3.8, 4) is 0 Å². The molecular formula is C23H32N11O17P3. The molecule has 6 rings (SSSR count). The van der Waals surface area contributed by atoms with Crippen molar-refractivity contribution in [3.05, 3.63) is 29.3 Å². The van der Waals surface area contributed by atoms with Crippen molar-refractivity contribution < 1.29 is 75.6 Å². The van der Waals surface area contributed by atoms with Gasteiger partial charge >= 0.3 is 23.5 Å². The Hall–Kier alpha value is -3.82. The van der Waals surface area contributed by atoms with E-state index in [0.717, 1.165) is 12.7 Å². The standard InChI is InChI=1S/C23H32N11O17P3/c1-46-16-8(2-11(35)26-3-9-14(36)15(37)21(48-9)34-7-30-13-19(34)31-23(25)32-20(13)38)10(4-47-53(42,43)51-54(44,45)50-52(39,40)41)49-22(16)33-6-29-12-17(24)27-5-28-18(12)33/h5-10,14-16,21-22,36-37H,2-4H2,1H3,(H,26,35)(H,42,43)(H,44,45)(H2,24,27,28)(H2,39,40,41)(H3,25,31,32,38)/t8-,9-,10?,14-,15-,16-,21-,22-/m1/s1. The number of aliphatic hydroxyl groups excluding tert-OH is 2. The average Bonchev–Trinajstić information content (AvgIpc) is 3.82. The molecule has 0 bridgehead atoms. The summed E-state index contributed by atoms with van der Waals surface area (Å²) in [5, 5.41) is 24.1. The van der Waals surface area contributed by atoms with Crippen molar-refractivity contribution in [2.24, 2.45) is 5.92 Å². The van der Waals surface area contributed by atoms with Gasteiger partial charge in [-0.2, -0.15) is 13.6 Å². The number of hydrogen-bond acceptors (Lipinski definition) is 20. The number of fused-ring (bicyclic) bond motifs is 2. The summed E-state index contributed by atoms with van der Waals surface area (Å²) in [6.45, 7) is -1.32. The summed E-state index contributed by atoms with van der Waals surface area (Å²) in [7, 11) is -15.9. The molecule has 2 aliphatic heterocycles. The number of phosphoric ester groups is 1. The summed E-state index contributed by atoms with van der Waals surface area (Å²) in [5.74, 6) is -2.01. The van der Waals surface area contributed by atoms with Crippen LogP contribution in [0.3, 0.4) is 0 Å². The first-order valence-corrected chi connectivity index (χ1v) is 19.7. The summed E-state index contributed by atoms with van der Waals surface area (Å²) < 4.78 is 67.9. The highest BCUT2D eigenvalue weighted by Gasteiger charge is 2.50. The van der Waals surface area contributed by atoms with Crippen LogP contribution in [0.25, 0.3) is 22.3 Å². The Morgan fingerprint density at radius 3 is 2.28 bits per heavy atom. The van der Waals surface area contributed by atoms with Gasteiger partial charge in [-0.05, 0) is 0 Å². The van der Waals surface area contributed by atoms with Gasteiger partial charge in [0.05, 0.1) is 25.4 Å². The van der Waals surface area contributed by atoms with E-state index >= 15 is 0 Å². The predicted molar refractivity (Wildman–Crippen MR) is 174 cm³/mol. The van der Waals surface area contributed by atoms with E-state index in [4.69, 9.17) is 40.0 Å². The van der Waals surface area contributed by atoms with Gasteiger partial charge in [0.2, 0.25) is 11.9 Å². The second-order valence-corrected chi connectivity index (χ2v) is 16.1. The molecule has 4 aromatic heterocycles. The van der Waals surface area contributed by atoms with Crippen molar-refractivity contribution in [2.75, 3.05) is 31.7 Å². The molecule has 0 spiro atoms. The topological polar surface area (TPSA) is 416 Å². The number of carbonyl (C=O) groups excluding carboxylic acids is 1. The van der Waals surface area contributed by atoms with E-state index in [1.807, 2.05) is 0 Å². The zero-order valence-corrected chi connectivity index (χ0v) is 30.0. The number of carbonyl (C=O) groups is 1. The summed E-state index contributed by atoms with van der Waals surface area (Å²) in [6, 6.07) is 0. The lowest BCUT2D eigenvalue weighted by atomic mass is 9.93. The Morgan fingerprint density at radius 2 is 1.59 bits per heavy atom. The third-order valence-electron chi connectivity index (χ3n) is 8.23. The average molecular weight is 827 g/mol. The lowest BCUT2D eigenvalue weighted by Crippen LogP contribution is -2.41. The van der Waals surface area contributed by atoms with Crippen LogP contribution in [-0.2, 0) is 45.8 Å². The van der Waals surface area contributed by atoms with Crippen molar-refractivity contribution >= 4 is 63.5 Å². The number of imidazole rings is 2. The first kappa shape index (κ1) is 39.9. The van der Waals surface area contributed by atoms with Crippen LogP contribution in [0.2, 0.25) is 0 Å². The highest BCUT2D eigenvalue weighted by atomic mass is 31.3. The van der Waals surface area contributed by atoms with Gasteiger partial charge in [0, 0.05) is 26.0 Å². The number of phosphoric acid groups is 3. The van der Waals surface area contributed by atoms with Crippen molar-refractivity contribution in [1.29, 1.82) is 0 Å². The van der Waals surface area contributed by atoms with Crippen LogP contribution >= 0.6 is 23.5 Å². The summed E-state index contributed by atoms with van der Waals surface area (Å²) >= 11 is 0. The lowest BCUT2D eigenvalue weighted by Gasteiger charge is -2.24. The number of anilines is 2. The smallest absolute Gasteiger partial charge is 0.387 e. The molecule has 0 saturated carbocycles. The third-order valence-corrected chi connectivity index (χ3v) is 12.0. The fourth-order valence-electron chi connectivity index (χ4n) is 5.99. The number of hydrogen-bond donors (Lipinski definition) is 10. The number of nitrogens with one attached hydrogen (secondary N) is 2. The quantitative estimate of drug-likeness (QED) is 0.0571. The highest BCUT2D eigenvalue weighted by molar-refractivity contribution is 7.66. The molecular weight excluding hydrogens is 795 g/mol. The van der Waals surface area contributed by atoms with Crippen LogP contribution in [0.5, 0.6) is 0 Å². The van der Waals surface area contributed by atoms with Gasteiger partial charge in [0.15, 0.2) is 35.1 Å². The zero-order chi connectivity index (χ0) is 39.3. The van der Waals surface area contributed by atoms with Crippen LogP contribution in [0.1, 0.15) is 18.9 Å². The molecule has 0 aliphatic carbocycles. The van der Waals surface area contributed by atoms with E-state index in [0.29, 0.717) is 0 Å². The minimum absolute atomic E-state index is 0.0183. The van der Waals surface area contributed by atoms with E-state index in [1.165, 1.54) is 22.6 Å². The fraction of sp³-hybridized carbons (Fsp3) is 0.522. The molecule has 4 aromatic rings. The van der Waals surface area contributed by atoms with Crippen LogP contribution in [0, 0.1) is 5.92 Å². The third kappa shape index (κ3) is 8.37. The molecule has 6 heterocycles. The molecule has 31 heteroatoms. The molecule has 12 N–H and O–H groups in total.